The number of carbonyl (C=O) groups excluding carboxylic acids is 1. The summed E-state index contributed by atoms with van der Waals surface area (Å²) in [6, 6.07) is 5.71. The van der Waals surface area contributed by atoms with E-state index in [1.165, 1.54) is 27.8 Å². The van der Waals surface area contributed by atoms with Crippen molar-refractivity contribution in [3.8, 4) is 0 Å². The second kappa shape index (κ2) is 7.81. The van der Waals surface area contributed by atoms with Gasteiger partial charge in [-0.05, 0) is 39.7 Å². The molecule has 23 heavy (non-hydrogen) atoms. The Bertz CT molecular complexity index is 636. The van der Waals surface area contributed by atoms with Crippen LogP contribution in [0.3, 0.4) is 0 Å². The zero-order valence-corrected chi connectivity index (χ0v) is 15.7. The van der Waals surface area contributed by atoms with Crippen LogP contribution in [0.1, 0.15) is 30.5 Å². The average molecular weight is 340 g/mol. The van der Waals surface area contributed by atoms with Gasteiger partial charge in [0.25, 0.3) is 0 Å². The molecule has 6 heteroatoms. The maximum atomic E-state index is 12.2. The summed E-state index contributed by atoms with van der Waals surface area (Å²) in [5.74, 6) is -0.0393. The highest BCUT2D eigenvalue weighted by Gasteiger charge is 2.20. The number of aryl methyl sites for hydroxylation is 2. The summed E-state index contributed by atoms with van der Waals surface area (Å²) in [7, 11) is -1.49. The monoisotopic (exact) mass is 340 g/mol. The van der Waals surface area contributed by atoms with Gasteiger partial charge in [0.05, 0.1) is 5.75 Å². The van der Waals surface area contributed by atoms with Gasteiger partial charge in [-0.3, -0.25) is 0 Å². The van der Waals surface area contributed by atoms with Crippen molar-refractivity contribution in [1.82, 2.24) is 10.2 Å². The Hall–Kier alpha value is -1.56. The minimum atomic E-state index is -3.11. The minimum Gasteiger partial charge on any atom is -0.335 e. The number of nitrogens with zero attached hydrogens (tertiary/aromatic N) is 1. The van der Waals surface area contributed by atoms with Crippen molar-refractivity contribution in [2.75, 3.05) is 19.1 Å². The van der Waals surface area contributed by atoms with Crippen molar-refractivity contribution in [1.29, 1.82) is 0 Å². The van der Waals surface area contributed by atoms with E-state index in [2.05, 4.69) is 37.4 Å². The maximum Gasteiger partial charge on any atom is 0.317 e. The number of benzene rings is 1. The van der Waals surface area contributed by atoms with Gasteiger partial charge < -0.3 is 10.2 Å². The third-order valence-corrected chi connectivity index (χ3v) is 4.81. The molecule has 0 heterocycles. The summed E-state index contributed by atoms with van der Waals surface area (Å²) in [5, 5.41) is 2.93. The molecule has 5 nitrogen and oxygen atoms in total. The minimum absolute atomic E-state index is 0.0309. The molecule has 2 atom stereocenters. The van der Waals surface area contributed by atoms with Crippen LogP contribution < -0.4 is 5.32 Å². The molecule has 0 aliphatic carbocycles. The second-order valence-electron chi connectivity index (χ2n) is 6.60. The quantitative estimate of drug-likeness (QED) is 0.864. The standard InChI is InChI=1S/C17H28N2O3S/c1-12-7-13(2)9-16(8-12)10-14(3)18-17(20)19(5)15(4)11-23(6,21)22/h7-9,14-15H,10-11H2,1-6H3,(H,18,20)/t14-,15-/m1/s1. The molecule has 0 aliphatic rings. The molecule has 0 fully saturated rings. The van der Waals surface area contributed by atoms with Crippen molar-refractivity contribution in [2.45, 2.75) is 46.2 Å². The van der Waals surface area contributed by atoms with Gasteiger partial charge in [0, 0.05) is 25.4 Å². The van der Waals surface area contributed by atoms with Crippen LogP contribution in [0.15, 0.2) is 18.2 Å². The second-order valence-corrected chi connectivity index (χ2v) is 8.79. The first kappa shape index (κ1) is 19.5. The predicted molar refractivity (Wildman–Crippen MR) is 94.5 cm³/mol. The van der Waals surface area contributed by atoms with Crippen molar-refractivity contribution >= 4 is 15.9 Å². The van der Waals surface area contributed by atoms with Crippen LogP contribution in [0.2, 0.25) is 0 Å². The summed E-state index contributed by atoms with van der Waals surface area (Å²) in [4.78, 5) is 13.7. The molecule has 1 aromatic carbocycles. The van der Waals surface area contributed by atoms with Gasteiger partial charge in [0.2, 0.25) is 0 Å². The molecular weight excluding hydrogens is 312 g/mol. The number of urea groups is 1. The van der Waals surface area contributed by atoms with E-state index < -0.39 is 9.84 Å². The molecule has 1 aromatic rings. The fourth-order valence-electron chi connectivity index (χ4n) is 2.65. The fraction of sp³-hybridized carbons (Fsp3) is 0.588. The first-order valence-electron chi connectivity index (χ1n) is 7.76. The van der Waals surface area contributed by atoms with E-state index in [0.717, 1.165) is 6.42 Å². The molecule has 0 saturated heterocycles. The summed E-state index contributed by atoms with van der Waals surface area (Å²) >= 11 is 0. The number of nitrogens with one attached hydrogen (secondary N) is 1. The average Bonchev–Trinajstić information content (AvgIpc) is 2.33. The lowest BCUT2D eigenvalue weighted by molar-refractivity contribution is 0.194. The lowest BCUT2D eigenvalue weighted by Crippen LogP contribution is -2.48. The molecule has 0 saturated carbocycles. The lowest BCUT2D eigenvalue weighted by Gasteiger charge is -2.26. The molecular formula is C17H28N2O3S. The largest absolute Gasteiger partial charge is 0.335 e. The topological polar surface area (TPSA) is 66.5 Å². The van der Waals surface area contributed by atoms with Gasteiger partial charge in [0.15, 0.2) is 0 Å². The summed E-state index contributed by atoms with van der Waals surface area (Å²) in [6.45, 7) is 7.79. The Kier molecular flexibility index (Phi) is 6.62. The third kappa shape index (κ3) is 7.03. The van der Waals surface area contributed by atoms with E-state index in [-0.39, 0.29) is 23.9 Å². The number of carbonyl (C=O) groups is 1. The van der Waals surface area contributed by atoms with E-state index in [1.54, 1.807) is 14.0 Å². The third-order valence-electron chi connectivity index (χ3n) is 3.72. The molecule has 2 amide bonds. The van der Waals surface area contributed by atoms with Crippen molar-refractivity contribution in [2.24, 2.45) is 0 Å². The highest BCUT2D eigenvalue weighted by Crippen LogP contribution is 2.11. The lowest BCUT2D eigenvalue weighted by atomic mass is 10.0. The molecule has 1 rings (SSSR count). The summed E-state index contributed by atoms with van der Waals surface area (Å²) < 4.78 is 22.7. The SMILES string of the molecule is Cc1cc(C)cc(C[C@@H](C)NC(=O)N(C)[C@H](C)CS(C)(=O)=O)c1. The molecule has 0 aromatic heterocycles. The molecule has 0 aliphatic heterocycles. The van der Waals surface area contributed by atoms with E-state index in [9.17, 15) is 13.2 Å². The Labute approximate surface area is 140 Å². The molecule has 0 radical (unpaired) electrons. The number of amides is 2. The molecule has 1 N–H and O–H groups in total. The van der Waals surface area contributed by atoms with Crippen LogP contribution in [-0.4, -0.2) is 50.5 Å². The van der Waals surface area contributed by atoms with Crippen molar-refractivity contribution < 1.29 is 13.2 Å². The summed E-state index contributed by atoms with van der Waals surface area (Å²) in [6.07, 6.45) is 1.92. The Morgan fingerprint density at radius 2 is 1.70 bits per heavy atom. The Balaban J connectivity index is 2.62. The zero-order valence-electron chi connectivity index (χ0n) is 14.9. The van der Waals surface area contributed by atoms with Crippen molar-refractivity contribution in [3.63, 3.8) is 0 Å². The molecule has 0 spiro atoms. The van der Waals surface area contributed by atoms with Crippen LogP contribution >= 0.6 is 0 Å². The highest BCUT2D eigenvalue weighted by atomic mass is 32.2. The highest BCUT2D eigenvalue weighted by molar-refractivity contribution is 7.90. The zero-order chi connectivity index (χ0) is 17.8. The number of hydrogen-bond donors (Lipinski definition) is 1. The van der Waals surface area contributed by atoms with Crippen LogP contribution in [0, 0.1) is 13.8 Å². The van der Waals surface area contributed by atoms with Crippen LogP contribution in [0.5, 0.6) is 0 Å². The number of rotatable bonds is 6. The Morgan fingerprint density at radius 1 is 1.17 bits per heavy atom. The summed E-state index contributed by atoms with van der Waals surface area (Å²) in [5.41, 5.74) is 3.59. The number of sulfone groups is 1. The molecule has 0 unspecified atom stereocenters. The van der Waals surface area contributed by atoms with Gasteiger partial charge in [-0.2, -0.15) is 0 Å². The normalized spacial score (nSPS) is 14.2. The van der Waals surface area contributed by atoms with E-state index in [0.29, 0.717) is 0 Å². The van der Waals surface area contributed by atoms with Gasteiger partial charge in [-0.1, -0.05) is 29.3 Å². The molecule has 0 bridgehead atoms. The Morgan fingerprint density at radius 3 is 2.17 bits per heavy atom. The van der Waals surface area contributed by atoms with Crippen LogP contribution in [0.25, 0.3) is 0 Å². The predicted octanol–water partition coefficient (Wildman–Crippen LogP) is 2.31. The van der Waals surface area contributed by atoms with Crippen LogP contribution in [0.4, 0.5) is 4.79 Å². The van der Waals surface area contributed by atoms with Crippen LogP contribution in [-0.2, 0) is 16.3 Å². The van der Waals surface area contributed by atoms with E-state index in [1.807, 2.05) is 6.92 Å². The van der Waals surface area contributed by atoms with Crippen molar-refractivity contribution in [3.05, 3.63) is 34.9 Å². The maximum absolute atomic E-state index is 12.2. The fourth-order valence-corrected chi connectivity index (χ4v) is 3.75. The van der Waals surface area contributed by atoms with E-state index >= 15 is 0 Å². The molecule has 130 valence electrons. The van der Waals surface area contributed by atoms with Gasteiger partial charge in [-0.15, -0.1) is 0 Å². The van der Waals surface area contributed by atoms with Gasteiger partial charge in [0.1, 0.15) is 9.84 Å². The van der Waals surface area contributed by atoms with E-state index in [4.69, 9.17) is 0 Å². The first-order chi connectivity index (χ1) is 10.5. The first-order valence-corrected chi connectivity index (χ1v) is 9.82. The number of hydrogen-bond acceptors (Lipinski definition) is 3. The smallest absolute Gasteiger partial charge is 0.317 e. The van der Waals surface area contributed by atoms with Gasteiger partial charge in [-0.25, -0.2) is 13.2 Å². The van der Waals surface area contributed by atoms with Gasteiger partial charge >= 0.3 is 6.03 Å².